The molecule has 1 aromatic heterocycles. The van der Waals surface area contributed by atoms with Crippen LogP contribution in [0, 0.1) is 0 Å². The van der Waals surface area contributed by atoms with E-state index in [1.54, 1.807) is 6.33 Å². The Labute approximate surface area is 84.8 Å². The number of hydrogen-bond acceptors (Lipinski definition) is 3. The predicted octanol–water partition coefficient (Wildman–Crippen LogP) is 1.14. The Morgan fingerprint density at radius 1 is 1.50 bits per heavy atom. The molecule has 0 amide bonds. The minimum Gasteiger partial charge on any atom is -0.330 e. The van der Waals surface area contributed by atoms with E-state index in [2.05, 4.69) is 29.2 Å². The number of aryl methyl sites for hydroxylation is 1. The van der Waals surface area contributed by atoms with Crippen molar-refractivity contribution in [3.63, 3.8) is 0 Å². The second-order valence-corrected chi connectivity index (χ2v) is 3.15. The fourth-order valence-corrected chi connectivity index (χ4v) is 1.25. The van der Waals surface area contributed by atoms with E-state index in [4.69, 9.17) is 5.73 Å². The van der Waals surface area contributed by atoms with Crippen LogP contribution < -0.4 is 5.73 Å². The first kappa shape index (κ1) is 10.9. The van der Waals surface area contributed by atoms with E-state index in [1.807, 2.05) is 4.68 Å². The topological polar surface area (TPSA) is 56.7 Å². The molecule has 2 N–H and O–H groups in total. The Hall–Kier alpha value is -1.16. The van der Waals surface area contributed by atoms with Crippen LogP contribution in [0.4, 0.5) is 0 Å². The normalized spacial score (nSPS) is 11.3. The highest BCUT2D eigenvalue weighted by Gasteiger charge is 1.99. The first-order valence-electron chi connectivity index (χ1n) is 5.10. The molecule has 0 unspecified atom stereocenters. The molecule has 0 radical (unpaired) electrons. The minimum absolute atomic E-state index is 0.706. The van der Waals surface area contributed by atoms with E-state index in [0.717, 1.165) is 31.6 Å². The van der Waals surface area contributed by atoms with Crippen molar-refractivity contribution in [3.05, 3.63) is 24.3 Å². The maximum Gasteiger partial charge on any atom is 0.138 e. The molecule has 0 fully saturated rings. The van der Waals surface area contributed by atoms with Gasteiger partial charge in [-0.2, -0.15) is 5.10 Å². The lowest BCUT2D eigenvalue weighted by Gasteiger charge is -2.00. The molecule has 1 heterocycles. The van der Waals surface area contributed by atoms with Crippen molar-refractivity contribution >= 4 is 0 Å². The van der Waals surface area contributed by atoms with E-state index in [1.165, 1.54) is 0 Å². The summed E-state index contributed by atoms with van der Waals surface area (Å²) in [6.45, 7) is 3.79. The fourth-order valence-electron chi connectivity index (χ4n) is 1.25. The molecule has 0 aromatic carbocycles. The van der Waals surface area contributed by atoms with Crippen LogP contribution in [-0.2, 0) is 13.0 Å². The Kier molecular flexibility index (Phi) is 4.93. The highest BCUT2D eigenvalue weighted by Crippen LogP contribution is 1.98. The molecular weight excluding hydrogens is 176 g/mol. The zero-order valence-corrected chi connectivity index (χ0v) is 8.69. The number of nitrogens with two attached hydrogens (primary N) is 1. The Morgan fingerprint density at radius 3 is 3.07 bits per heavy atom. The molecule has 0 aliphatic carbocycles. The molecular formula is C10H18N4. The van der Waals surface area contributed by atoms with Gasteiger partial charge in [0.1, 0.15) is 12.2 Å². The summed E-state index contributed by atoms with van der Waals surface area (Å²) in [6.07, 6.45) is 8.67. The monoisotopic (exact) mass is 194 g/mol. The third kappa shape index (κ3) is 3.30. The second-order valence-electron chi connectivity index (χ2n) is 3.15. The van der Waals surface area contributed by atoms with Crippen LogP contribution in [0.3, 0.4) is 0 Å². The molecule has 0 aliphatic heterocycles. The Balaban J connectivity index is 2.45. The van der Waals surface area contributed by atoms with Gasteiger partial charge in [-0.15, -0.1) is 0 Å². The lowest BCUT2D eigenvalue weighted by atomic mass is 10.3. The average Bonchev–Trinajstić information content (AvgIpc) is 2.61. The third-order valence-electron chi connectivity index (χ3n) is 1.93. The van der Waals surface area contributed by atoms with E-state index < -0.39 is 0 Å². The number of allylic oxidation sites excluding steroid dienone is 1. The van der Waals surface area contributed by atoms with Gasteiger partial charge >= 0.3 is 0 Å². The van der Waals surface area contributed by atoms with Crippen LogP contribution in [0.15, 0.2) is 18.5 Å². The van der Waals surface area contributed by atoms with Crippen LogP contribution >= 0.6 is 0 Å². The zero-order chi connectivity index (χ0) is 10.2. The quantitative estimate of drug-likeness (QED) is 0.691. The van der Waals surface area contributed by atoms with Crippen molar-refractivity contribution in [2.45, 2.75) is 32.7 Å². The number of nitrogens with zero attached hydrogens (tertiary/aromatic N) is 3. The molecule has 4 nitrogen and oxygen atoms in total. The van der Waals surface area contributed by atoms with Gasteiger partial charge in [0.05, 0.1) is 0 Å². The molecule has 14 heavy (non-hydrogen) atoms. The zero-order valence-electron chi connectivity index (χ0n) is 8.69. The van der Waals surface area contributed by atoms with E-state index >= 15 is 0 Å². The summed E-state index contributed by atoms with van der Waals surface area (Å²) in [5.41, 5.74) is 5.38. The smallest absolute Gasteiger partial charge is 0.138 e. The molecule has 0 saturated heterocycles. The van der Waals surface area contributed by atoms with Gasteiger partial charge in [-0.25, -0.2) is 9.67 Å². The van der Waals surface area contributed by atoms with E-state index in [9.17, 15) is 0 Å². The molecule has 0 saturated carbocycles. The van der Waals surface area contributed by atoms with Gasteiger partial charge in [0.15, 0.2) is 0 Å². The van der Waals surface area contributed by atoms with Crippen LogP contribution in [0.2, 0.25) is 0 Å². The van der Waals surface area contributed by atoms with Crippen molar-refractivity contribution in [1.29, 1.82) is 0 Å². The second kappa shape index (κ2) is 6.32. The van der Waals surface area contributed by atoms with E-state index in [0.29, 0.717) is 6.54 Å². The summed E-state index contributed by atoms with van der Waals surface area (Å²) in [4.78, 5) is 4.20. The third-order valence-corrected chi connectivity index (χ3v) is 1.93. The summed E-state index contributed by atoms with van der Waals surface area (Å²) in [6, 6.07) is 0. The largest absolute Gasteiger partial charge is 0.330 e. The standard InChI is InChI=1S/C10H18N4/c1-2-8-14-10(12-9-13-14)6-4-3-5-7-11/h3-4,9H,2,5-8,11H2,1H3. The molecule has 0 aliphatic rings. The summed E-state index contributed by atoms with van der Waals surface area (Å²) in [5.74, 6) is 1.03. The average molecular weight is 194 g/mol. The van der Waals surface area contributed by atoms with Crippen molar-refractivity contribution < 1.29 is 0 Å². The first-order valence-corrected chi connectivity index (χ1v) is 5.10. The summed E-state index contributed by atoms with van der Waals surface area (Å²) in [7, 11) is 0. The predicted molar refractivity (Wildman–Crippen MR) is 56.8 cm³/mol. The van der Waals surface area contributed by atoms with Gasteiger partial charge in [0.2, 0.25) is 0 Å². The SMILES string of the molecule is CCCn1ncnc1CC=CCCN. The Morgan fingerprint density at radius 2 is 2.36 bits per heavy atom. The van der Waals surface area contributed by atoms with Crippen molar-refractivity contribution in [1.82, 2.24) is 14.8 Å². The van der Waals surface area contributed by atoms with Gasteiger partial charge < -0.3 is 5.73 Å². The van der Waals surface area contributed by atoms with E-state index in [-0.39, 0.29) is 0 Å². The summed E-state index contributed by atoms with van der Waals surface area (Å²) in [5, 5.41) is 4.15. The molecule has 4 heteroatoms. The fraction of sp³-hybridized carbons (Fsp3) is 0.600. The van der Waals surface area contributed by atoms with Gasteiger partial charge in [0, 0.05) is 13.0 Å². The molecule has 0 bridgehead atoms. The van der Waals surface area contributed by atoms with Crippen LogP contribution in [0.25, 0.3) is 0 Å². The van der Waals surface area contributed by atoms with Crippen molar-refractivity contribution in [2.24, 2.45) is 5.73 Å². The number of hydrogen-bond donors (Lipinski definition) is 1. The molecule has 1 aromatic rings. The van der Waals surface area contributed by atoms with Gasteiger partial charge in [-0.3, -0.25) is 0 Å². The van der Waals surface area contributed by atoms with Gasteiger partial charge in [-0.1, -0.05) is 19.1 Å². The highest BCUT2D eigenvalue weighted by molar-refractivity contribution is 4.95. The Bertz CT molecular complexity index is 277. The maximum atomic E-state index is 5.38. The van der Waals surface area contributed by atoms with Crippen LogP contribution in [0.1, 0.15) is 25.6 Å². The minimum atomic E-state index is 0.706. The lowest BCUT2D eigenvalue weighted by Crippen LogP contribution is -2.04. The highest BCUT2D eigenvalue weighted by atomic mass is 15.3. The maximum absolute atomic E-state index is 5.38. The van der Waals surface area contributed by atoms with Crippen molar-refractivity contribution in [2.75, 3.05) is 6.54 Å². The number of aromatic nitrogens is 3. The van der Waals surface area contributed by atoms with Crippen LogP contribution in [-0.4, -0.2) is 21.3 Å². The molecule has 1 rings (SSSR count). The summed E-state index contributed by atoms with van der Waals surface area (Å²) >= 11 is 0. The molecule has 78 valence electrons. The van der Waals surface area contributed by atoms with Crippen LogP contribution in [0.5, 0.6) is 0 Å². The van der Waals surface area contributed by atoms with Gasteiger partial charge in [0.25, 0.3) is 0 Å². The molecule has 0 atom stereocenters. The lowest BCUT2D eigenvalue weighted by molar-refractivity contribution is 0.577. The molecule has 0 spiro atoms. The first-order chi connectivity index (χ1) is 6.88. The van der Waals surface area contributed by atoms with Crippen molar-refractivity contribution in [3.8, 4) is 0 Å². The summed E-state index contributed by atoms with van der Waals surface area (Å²) < 4.78 is 1.95. The van der Waals surface area contributed by atoms with Gasteiger partial charge in [-0.05, 0) is 19.4 Å². The number of rotatable bonds is 6.